The molecule has 0 bridgehead atoms. The number of methoxy groups -OCH3 is 2. The van der Waals surface area contributed by atoms with Crippen LogP contribution in [-0.2, 0) is 16.1 Å². The van der Waals surface area contributed by atoms with Gasteiger partial charge in [0, 0.05) is 13.7 Å². The maximum Gasteiger partial charge on any atom is 0.239 e. The number of halogens is 1. The van der Waals surface area contributed by atoms with Crippen LogP contribution in [0.15, 0.2) is 18.2 Å². The number of carbonyl (C=O) groups excluding carboxylic acids is 1. The highest BCUT2D eigenvalue weighted by Crippen LogP contribution is 2.17. The minimum Gasteiger partial charge on any atom is -0.494 e. The quantitative estimate of drug-likeness (QED) is 0.774. The van der Waals surface area contributed by atoms with Crippen molar-refractivity contribution < 1.29 is 18.7 Å². The Morgan fingerprint density at radius 2 is 2.22 bits per heavy atom. The molecule has 1 unspecified atom stereocenters. The number of ether oxygens (including phenoxy) is 2. The molecule has 0 aliphatic carbocycles. The zero-order valence-electron chi connectivity index (χ0n) is 10.4. The lowest BCUT2D eigenvalue weighted by molar-refractivity contribution is -0.123. The van der Waals surface area contributed by atoms with E-state index in [0.717, 1.165) is 0 Å². The van der Waals surface area contributed by atoms with Gasteiger partial charge in [-0.05, 0) is 17.7 Å². The van der Waals surface area contributed by atoms with E-state index in [2.05, 4.69) is 5.32 Å². The van der Waals surface area contributed by atoms with E-state index in [4.69, 9.17) is 15.2 Å². The van der Waals surface area contributed by atoms with E-state index in [0.29, 0.717) is 5.56 Å². The fraction of sp³-hybridized carbons (Fsp3) is 0.417. The Hall–Kier alpha value is -1.66. The topological polar surface area (TPSA) is 73.6 Å². The molecule has 6 heteroatoms. The van der Waals surface area contributed by atoms with E-state index >= 15 is 0 Å². The Bertz CT molecular complexity index is 412. The summed E-state index contributed by atoms with van der Waals surface area (Å²) in [4.78, 5) is 11.5. The van der Waals surface area contributed by atoms with E-state index in [1.807, 2.05) is 0 Å². The maximum absolute atomic E-state index is 13.4. The summed E-state index contributed by atoms with van der Waals surface area (Å²) >= 11 is 0. The molecule has 0 radical (unpaired) electrons. The lowest BCUT2D eigenvalue weighted by Crippen LogP contribution is -2.43. The lowest BCUT2D eigenvalue weighted by Gasteiger charge is -2.11. The van der Waals surface area contributed by atoms with Crippen molar-refractivity contribution in [3.8, 4) is 5.75 Å². The predicted molar refractivity (Wildman–Crippen MR) is 64.7 cm³/mol. The molecule has 0 spiro atoms. The van der Waals surface area contributed by atoms with Gasteiger partial charge in [-0.2, -0.15) is 0 Å². The second-order valence-corrected chi connectivity index (χ2v) is 3.75. The second-order valence-electron chi connectivity index (χ2n) is 3.75. The number of benzene rings is 1. The molecule has 0 aliphatic heterocycles. The molecule has 0 fully saturated rings. The molecule has 0 aliphatic rings. The Morgan fingerprint density at radius 1 is 1.50 bits per heavy atom. The molecule has 1 aromatic rings. The summed E-state index contributed by atoms with van der Waals surface area (Å²) < 4.78 is 22.9. The van der Waals surface area contributed by atoms with Crippen LogP contribution in [0.5, 0.6) is 5.75 Å². The van der Waals surface area contributed by atoms with Gasteiger partial charge in [0.1, 0.15) is 6.04 Å². The third-order valence-corrected chi connectivity index (χ3v) is 2.37. The zero-order valence-corrected chi connectivity index (χ0v) is 10.4. The highest BCUT2D eigenvalue weighted by Gasteiger charge is 2.12. The number of hydrogen-bond donors (Lipinski definition) is 2. The summed E-state index contributed by atoms with van der Waals surface area (Å²) in [6.45, 7) is 0.347. The van der Waals surface area contributed by atoms with Gasteiger partial charge in [0.25, 0.3) is 0 Å². The van der Waals surface area contributed by atoms with E-state index in [-0.39, 0.29) is 24.8 Å². The van der Waals surface area contributed by atoms with Gasteiger partial charge in [-0.3, -0.25) is 4.79 Å². The molecular weight excluding hydrogens is 239 g/mol. The van der Waals surface area contributed by atoms with Crippen LogP contribution in [0.4, 0.5) is 4.39 Å². The fourth-order valence-corrected chi connectivity index (χ4v) is 1.40. The average Bonchev–Trinajstić information content (AvgIpc) is 2.36. The van der Waals surface area contributed by atoms with Crippen LogP contribution >= 0.6 is 0 Å². The third-order valence-electron chi connectivity index (χ3n) is 2.37. The summed E-state index contributed by atoms with van der Waals surface area (Å²) in [5, 5.41) is 2.60. The standard InChI is InChI=1S/C12H17FN2O3/c1-17-7-10(14)12(16)15-6-8-3-4-11(18-2)9(13)5-8/h3-5,10H,6-7,14H2,1-2H3,(H,15,16). The van der Waals surface area contributed by atoms with E-state index in [1.54, 1.807) is 6.07 Å². The smallest absolute Gasteiger partial charge is 0.239 e. The molecule has 1 atom stereocenters. The van der Waals surface area contributed by atoms with Gasteiger partial charge in [0.15, 0.2) is 11.6 Å². The first-order valence-corrected chi connectivity index (χ1v) is 5.43. The van der Waals surface area contributed by atoms with Gasteiger partial charge < -0.3 is 20.5 Å². The van der Waals surface area contributed by atoms with Crippen LogP contribution in [-0.4, -0.2) is 32.8 Å². The van der Waals surface area contributed by atoms with Gasteiger partial charge >= 0.3 is 0 Å². The molecule has 1 rings (SSSR count). The number of rotatable bonds is 6. The Morgan fingerprint density at radius 3 is 2.78 bits per heavy atom. The molecule has 1 aromatic carbocycles. The van der Waals surface area contributed by atoms with Crippen LogP contribution in [0.3, 0.4) is 0 Å². The number of carbonyl (C=O) groups is 1. The number of amides is 1. The summed E-state index contributed by atoms with van der Waals surface area (Å²) in [5.74, 6) is -0.639. The highest BCUT2D eigenvalue weighted by molar-refractivity contribution is 5.81. The molecule has 0 saturated heterocycles. The minimum absolute atomic E-state index is 0.142. The normalized spacial score (nSPS) is 12.0. The molecule has 100 valence electrons. The lowest BCUT2D eigenvalue weighted by atomic mass is 10.2. The van der Waals surface area contributed by atoms with Crippen LogP contribution < -0.4 is 15.8 Å². The molecule has 18 heavy (non-hydrogen) atoms. The monoisotopic (exact) mass is 256 g/mol. The van der Waals surface area contributed by atoms with E-state index in [1.165, 1.54) is 26.4 Å². The first-order chi connectivity index (χ1) is 8.58. The van der Waals surface area contributed by atoms with Crippen molar-refractivity contribution >= 4 is 5.91 Å². The van der Waals surface area contributed by atoms with Gasteiger partial charge in [0.05, 0.1) is 13.7 Å². The Labute approximate surface area is 105 Å². The van der Waals surface area contributed by atoms with Crippen molar-refractivity contribution in [2.75, 3.05) is 20.8 Å². The molecule has 3 N–H and O–H groups in total. The van der Waals surface area contributed by atoms with Crippen LogP contribution in [0.2, 0.25) is 0 Å². The molecule has 0 heterocycles. The first kappa shape index (κ1) is 14.4. The van der Waals surface area contributed by atoms with Gasteiger partial charge in [-0.15, -0.1) is 0 Å². The van der Waals surface area contributed by atoms with Crippen molar-refractivity contribution in [3.63, 3.8) is 0 Å². The fourth-order valence-electron chi connectivity index (χ4n) is 1.40. The van der Waals surface area contributed by atoms with Crippen molar-refractivity contribution in [1.29, 1.82) is 0 Å². The molecule has 0 aromatic heterocycles. The Balaban J connectivity index is 2.53. The van der Waals surface area contributed by atoms with Crippen LogP contribution in [0.1, 0.15) is 5.56 Å². The number of nitrogens with one attached hydrogen (secondary N) is 1. The van der Waals surface area contributed by atoms with Crippen LogP contribution in [0, 0.1) is 5.82 Å². The minimum atomic E-state index is -0.724. The van der Waals surface area contributed by atoms with Gasteiger partial charge in [-0.25, -0.2) is 4.39 Å². The highest BCUT2D eigenvalue weighted by atomic mass is 19.1. The van der Waals surface area contributed by atoms with Gasteiger partial charge in [-0.1, -0.05) is 6.07 Å². The summed E-state index contributed by atoms with van der Waals surface area (Å²) in [6, 6.07) is 3.76. The first-order valence-electron chi connectivity index (χ1n) is 5.43. The maximum atomic E-state index is 13.4. The largest absolute Gasteiger partial charge is 0.494 e. The summed E-state index contributed by atoms with van der Waals surface area (Å²) in [5.41, 5.74) is 6.17. The zero-order chi connectivity index (χ0) is 13.5. The molecule has 0 saturated carbocycles. The summed E-state index contributed by atoms with van der Waals surface area (Å²) in [7, 11) is 2.86. The second kappa shape index (κ2) is 6.93. The van der Waals surface area contributed by atoms with Gasteiger partial charge in [0.2, 0.25) is 5.91 Å². The van der Waals surface area contributed by atoms with Crippen LogP contribution in [0.25, 0.3) is 0 Å². The molecular formula is C12H17FN2O3. The number of nitrogens with two attached hydrogens (primary N) is 1. The van der Waals surface area contributed by atoms with Crippen molar-refractivity contribution in [2.45, 2.75) is 12.6 Å². The SMILES string of the molecule is COCC(N)C(=O)NCc1ccc(OC)c(F)c1. The van der Waals surface area contributed by atoms with Crippen molar-refractivity contribution in [2.24, 2.45) is 5.73 Å². The third kappa shape index (κ3) is 3.97. The van der Waals surface area contributed by atoms with E-state index in [9.17, 15) is 9.18 Å². The predicted octanol–water partition coefficient (Wildman–Crippen LogP) is 0.424. The van der Waals surface area contributed by atoms with Crippen molar-refractivity contribution in [1.82, 2.24) is 5.32 Å². The Kier molecular flexibility index (Phi) is 5.54. The summed E-state index contributed by atoms with van der Waals surface area (Å²) in [6.07, 6.45) is 0. The number of hydrogen-bond acceptors (Lipinski definition) is 4. The van der Waals surface area contributed by atoms with E-state index < -0.39 is 11.9 Å². The average molecular weight is 256 g/mol. The molecule has 1 amide bonds. The molecule has 5 nitrogen and oxygen atoms in total. The van der Waals surface area contributed by atoms with Crippen molar-refractivity contribution in [3.05, 3.63) is 29.6 Å².